The molecule has 0 amide bonds. The molecule has 136 valence electrons. The number of nitrogens with zero attached hydrogens (tertiary/aromatic N) is 1. The number of carbonyl (C=O) groups is 1. The van der Waals surface area contributed by atoms with Gasteiger partial charge < -0.3 is 9.47 Å². The molecule has 7 nitrogen and oxygen atoms in total. The molecule has 1 aromatic carbocycles. The number of hydrogen-bond donors (Lipinski definition) is 1. The largest absolute Gasteiger partial charge is 0.469 e. The monoisotopic (exact) mass is 358 g/mol. The van der Waals surface area contributed by atoms with E-state index >= 15 is 0 Å². The molecule has 0 aliphatic carbocycles. The molecule has 0 radical (unpaired) electrons. The fourth-order valence-corrected chi connectivity index (χ4v) is 2.37. The van der Waals surface area contributed by atoms with Gasteiger partial charge in [0.2, 0.25) is 0 Å². The minimum absolute atomic E-state index is 0.0371. The van der Waals surface area contributed by atoms with Gasteiger partial charge in [0.25, 0.3) is 5.69 Å². The van der Waals surface area contributed by atoms with Crippen LogP contribution in [0.15, 0.2) is 29.2 Å². The molecule has 0 bridgehead atoms. The highest BCUT2D eigenvalue weighted by molar-refractivity contribution is 7.97. The highest BCUT2D eigenvalue weighted by atomic mass is 32.2. The maximum absolute atomic E-state index is 11.1. The van der Waals surface area contributed by atoms with Gasteiger partial charge in [0.05, 0.1) is 31.2 Å². The number of benzene rings is 1. The lowest BCUT2D eigenvalue weighted by molar-refractivity contribution is -0.387. The summed E-state index contributed by atoms with van der Waals surface area (Å²) in [6, 6.07) is 6.48. The lowest BCUT2D eigenvalue weighted by Gasteiger charge is -2.17. The van der Waals surface area contributed by atoms with Gasteiger partial charge >= 0.3 is 5.97 Å². The zero-order valence-corrected chi connectivity index (χ0v) is 15.6. The van der Waals surface area contributed by atoms with Gasteiger partial charge in [0.1, 0.15) is 4.90 Å². The van der Waals surface area contributed by atoms with E-state index in [4.69, 9.17) is 4.74 Å². The Morgan fingerprint density at radius 1 is 1.33 bits per heavy atom. The summed E-state index contributed by atoms with van der Waals surface area (Å²) in [5.41, 5.74) is 0.0622. The minimum atomic E-state index is -0.413. The van der Waals surface area contributed by atoms with Gasteiger partial charge in [-0.1, -0.05) is 26.0 Å². The summed E-state index contributed by atoms with van der Waals surface area (Å²) in [6.45, 7) is 8.07. The first-order chi connectivity index (χ1) is 11.4. The van der Waals surface area contributed by atoms with Crippen molar-refractivity contribution in [3.8, 4) is 0 Å². The Kier molecular flexibility index (Phi) is 11.9. The topological polar surface area (TPSA) is 90.7 Å². The van der Waals surface area contributed by atoms with Crippen molar-refractivity contribution in [2.45, 2.75) is 51.2 Å². The molecule has 2 atom stereocenters. The van der Waals surface area contributed by atoms with Crippen molar-refractivity contribution in [2.75, 3.05) is 13.7 Å². The van der Waals surface area contributed by atoms with Crippen LogP contribution in [0.25, 0.3) is 0 Å². The van der Waals surface area contributed by atoms with E-state index in [2.05, 4.69) is 9.46 Å². The molecule has 1 unspecified atom stereocenters. The molecule has 0 saturated carbocycles. The fraction of sp³-hybridized carbons (Fsp3) is 0.562. The lowest BCUT2D eigenvalue weighted by atomic mass is 10.3. The van der Waals surface area contributed by atoms with Crippen LogP contribution in [0.3, 0.4) is 0 Å². The summed E-state index contributed by atoms with van der Waals surface area (Å²) in [6.07, 6.45) is -0.0479. The van der Waals surface area contributed by atoms with Crippen molar-refractivity contribution in [2.24, 2.45) is 0 Å². The first kappa shape index (κ1) is 22.4. The molecule has 0 saturated heterocycles. The van der Waals surface area contributed by atoms with Crippen molar-refractivity contribution < 1.29 is 19.2 Å². The summed E-state index contributed by atoms with van der Waals surface area (Å²) in [5, 5.41) is 10.9. The summed E-state index contributed by atoms with van der Waals surface area (Å²) in [7, 11) is 1.34. The van der Waals surface area contributed by atoms with E-state index in [0.29, 0.717) is 11.5 Å². The second-order valence-corrected chi connectivity index (χ2v) is 5.65. The van der Waals surface area contributed by atoms with E-state index in [1.165, 1.54) is 25.1 Å². The number of nitro groups is 1. The van der Waals surface area contributed by atoms with Gasteiger partial charge in [-0.3, -0.25) is 19.6 Å². The van der Waals surface area contributed by atoms with Crippen LogP contribution in [0.5, 0.6) is 0 Å². The number of rotatable bonds is 9. The third-order valence-electron chi connectivity index (χ3n) is 2.74. The molecule has 0 spiro atoms. The normalized spacial score (nSPS) is 12.5. The minimum Gasteiger partial charge on any atom is -0.469 e. The van der Waals surface area contributed by atoms with Crippen LogP contribution in [0.4, 0.5) is 5.69 Å². The molecule has 0 aromatic heterocycles. The maximum atomic E-state index is 11.1. The second kappa shape index (κ2) is 12.7. The van der Waals surface area contributed by atoms with Crippen molar-refractivity contribution in [3.63, 3.8) is 0 Å². The average Bonchev–Trinajstić information content (AvgIpc) is 2.59. The number of para-hydroxylation sites is 1. The van der Waals surface area contributed by atoms with Crippen LogP contribution >= 0.6 is 11.9 Å². The molecule has 1 aromatic rings. The first-order valence-electron chi connectivity index (χ1n) is 7.78. The molecule has 0 aliphatic rings. The van der Waals surface area contributed by atoms with Crippen LogP contribution < -0.4 is 4.72 Å². The Morgan fingerprint density at radius 3 is 2.54 bits per heavy atom. The predicted octanol–water partition coefficient (Wildman–Crippen LogP) is 3.57. The van der Waals surface area contributed by atoms with Crippen molar-refractivity contribution in [1.29, 1.82) is 0 Å². The van der Waals surface area contributed by atoms with E-state index < -0.39 is 4.92 Å². The van der Waals surface area contributed by atoms with E-state index in [1.54, 1.807) is 25.1 Å². The summed E-state index contributed by atoms with van der Waals surface area (Å²) < 4.78 is 13.2. The Hall–Kier alpha value is -1.64. The van der Waals surface area contributed by atoms with Gasteiger partial charge in [-0.25, -0.2) is 0 Å². The molecule has 0 aliphatic heterocycles. The van der Waals surface area contributed by atoms with Crippen molar-refractivity contribution in [3.05, 3.63) is 34.4 Å². The Labute approximate surface area is 147 Å². The molecule has 24 heavy (non-hydrogen) atoms. The Bertz CT molecular complexity index is 513. The maximum Gasteiger partial charge on any atom is 0.308 e. The highest BCUT2D eigenvalue weighted by Gasteiger charge is 2.15. The second-order valence-electron chi connectivity index (χ2n) is 4.77. The first-order valence-corrected chi connectivity index (χ1v) is 8.60. The molecule has 0 fully saturated rings. The van der Waals surface area contributed by atoms with Gasteiger partial charge in [-0.05, 0) is 31.9 Å². The zero-order chi connectivity index (χ0) is 18.5. The van der Waals surface area contributed by atoms with Crippen LogP contribution in [-0.4, -0.2) is 36.8 Å². The number of nitro benzene ring substituents is 1. The zero-order valence-electron chi connectivity index (χ0n) is 14.8. The third-order valence-corrected chi connectivity index (χ3v) is 3.83. The van der Waals surface area contributed by atoms with Crippen molar-refractivity contribution >= 4 is 23.6 Å². The van der Waals surface area contributed by atoms with Crippen molar-refractivity contribution in [1.82, 2.24) is 4.72 Å². The van der Waals surface area contributed by atoms with Gasteiger partial charge in [0, 0.05) is 12.1 Å². The number of ether oxygens (including phenoxy) is 2. The molecular weight excluding hydrogens is 332 g/mol. The molecule has 1 N–H and O–H groups in total. The summed E-state index contributed by atoms with van der Waals surface area (Å²) in [4.78, 5) is 22.1. The summed E-state index contributed by atoms with van der Waals surface area (Å²) >= 11 is 1.19. The Balaban J connectivity index is 0.00000254. The highest BCUT2D eigenvalue weighted by Crippen LogP contribution is 2.26. The number of esters is 1. The SMILES string of the molecule is CC.COC(=O)C[C@@H](C)OCC(C)NSc1ccccc1[N+](=O)[O-]. The lowest BCUT2D eigenvalue weighted by Crippen LogP contribution is -2.28. The van der Waals surface area contributed by atoms with E-state index in [1.807, 2.05) is 20.8 Å². The number of hydrogen-bond acceptors (Lipinski definition) is 7. The quantitative estimate of drug-likeness (QED) is 0.312. The van der Waals surface area contributed by atoms with Crippen LogP contribution in [0.1, 0.15) is 34.1 Å². The van der Waals surface area contributed by atoms with E-state index in [0.717, 1.165) is 0 Å². The fourth-order valence-electron chi connectivity index (χ4n) is 1.58. The number of nitrogens with one attached hydrogen (secondary N) is 1. The molecule has 1 rings (SSSR count). The number of carbonyl (C=O) groups excluding carboxylic acids is 1. The van der Waals surface area contributed by atoms with E-state index in [-0.39, 0.29) is 30.2 Å². The standard InChI is InChI=1S/C14H20N2O5S.C2H6/c1-10(9-21-11(2)8-14(17)20-3)15-22-13-7-5-4-6-12(13)16(18)19;1-2/h4-7,10-11,15H,8-9H2,1-3H3;1-2H3/t10?,11-;/m1./s1. The molecular formula is C16H26N2O5S. The molecule has 0 heterocycles. The van der Waals surface area contributed by atoms with Crippen LogP contribution in [-0.2, 0) is 14.3 Å². The third kappa shape index (κ3) is 8.85. The van der Waals surface area contributed by atoms with Crippen LogP contribution in [0, 0.1) is 10.1 Å². The van der Waals surface area contributed by atoms with E-state index in [9.17, 15) is 14.9 Å². The number of methoxy groups -OCH3 is 1. The average molecular weight is 358 g/mol. The van der Waals surface area contributed by atoms with Gasteiger partial charge in [-0.15, -0.1) is 0 Å². The van der Waals surface area contributed by atoms with Crippen LogP contribution in [0.2, 0.25) is 0 Å². The van der Waals surface area contributed by atoms with Gasteiger partial charge in [0.15, 0.2) is 0 Å². The van der Waals surface area contributed by atoms with Gasteiger partial charge in [-0.2, -0.15) is 0 Å². The molecule has 8 heteroatoms. The predicted molar refractivity (Wildman–Crippen MR) is 94.9 cm³/mol. The Morgan fingerprint density at radius 2 is 1.96 bits per heavy atom. The summed E-state index contributed by atoms with van der Waals surface area (Å²) in [5.74, 6) is -0.317. The smallest absolute Gasteiger partial charge is 0.308 e.